The summed E-state index contributed by atoms with van der Waals surface area (Å²) in [5.74, 6) is -2.47. The molecule has 2 heterocycles. The van der Waals surface area contributed by atoms with Crippen molar-refractivity contribution in [2.45, 2.75) is 31.2 Å². The monoisotopic (exact) mass is 514 g/mol. The number of carboxylic acids is 1. The van der Waals surface area contributed by atoms with Crippen LogP contribution >= 0.6 is 11.6 Å². The van der Waals surface area contributed by atoms with E-state index in [1.807, 2.05) is 30.3 Å². The molecule has 10 heteroatoms. The molecule has 2 aromatic rings. The van der Waals surface area contributed by atoms with Gasteiger partial charge in [-0.15, -0.1) is 0 Å². The first kappa shape index (κ1) is 26.1. The second kappa shape index (κ2) is 11.8. The smallest absolute Gasteiger partial charge is 0.326 e. The second-order valence-electron chi connectivity index (χ2n) is 9.06. The highest BCUT2D eigenvalue weighted by Gasteiger charge is 2.43. The Morgan fingerprint density at radius 2 is 1.67 bits per heavy atom. The van der Waals surface area contributed by atoms with E-state index in [9.17, 15) is 19.5 Å². The minimum atomic E-state index is -1.38. The van der Waals surface area contributed by atoms with Crippen LogP contribution in [0.2, 0.25) is 5.02 Å². The van der Waals surface area contributed by atoms with Crippen molar-refractivity contribution >= 4 is 29.4 Å². The third-order valence-corrected chi connectivity index (χ3v) is 7.04. The number of aliphatic carboxylic acids is 1. The van der Waals surface area contributed by atoms with E-state index in [0.717, 1.165) is 31.1 Å². The van der Waals surface area contributed by atoms with Crippen molar-refractivity contribution in [2.75, 3.05) is 39.3 Å². The number of hydrogen-bond acceptors (Lipinski definition) is 6. The molecule has 2 aliphatic rings. The number of primary amides is 1. The van der Waals surface area contributed by atoms with E-state index in [4.69, 9.17) is 22.1 Å². The topological polar surface area (TPSA) is 116 Å². The van der Waals surface area contributed by atoms with E-state index in [-0.39, 0.29) is 25.5 Å². The molecule has 192 valence electrons. The number of carbonyl (C=O) groups is 3. The van der Waals surface area contributed by atoms with Gasteiger partial charge in [0, 0.05) is 44.2 Å². The zero-order valence-corrected chi connectivity index (χ0v) is 20.7. The molecule has 3 atom stereocenters. The quantitative estimate of drug-likeness (QED) is 0.497. The van der Waals surface area contributed by atoms with E-state index in [2.05, 4.69) is 34.1 Å². The standard InChI is InChI=1S/C26H31ClN4O5/c27-20-8-6-19(7-9-20)23(18-4-2-1-3-5-18)30-14-12-29(13-15-30)16-17-36-25(24(28)33)31-21(26(34)35)10-11-22(31)32/h1-9,21,23,25H,10-17H2,(H2,28,33)(H,34,35)/t21-,23?,25+/m0/s1. The maximum atomic E-state index is 12.2. The molecule has 1 unspecified atom stereocenters. The van der Waals surface area contributed by atoms with Crippen LogP contribution in [-0.2, 0) is 19.1 Å². The van der Waals surface area contributed by atoms with E-state index >= 15 is 0 Å². The third-order valence-electron chi connectivity index (χ3n) is 6.79. The van der Waals surface area contributed by atoms with E-state index in [1.54, 1.807) is 0 Å². The Morgan fingerprint density at radius 1 is 1.03 bits per heavy atom. The van der Waals surface area contributed by atoms with Crippen LogP contribution < -0.4 is 5.73 Å². The Morgan fingerprint density at radius 3 is 2.28 bits per heavy atom. The van der Waals surface area contributed by atoms with Gasteiger partial charge in [0.1, 0.15) is 6.04 Å². The summed E-state index contributed by atoms with van der Waals surface area (Å²) in [6.45, 7) is 3.93. The van der Waals surface area contributed by atoms with Crippen LogP contribution in [0, 0.1) is 0 Å². The van der Waals surface area contributed by atoms with Gasteiger partial charge in [-0.2, -0.15) is 0 Å². The van der Waals surface area contributed by atoms with Crippen molar-refractivity contribution in [1.29, 1.82) is 0 Å². The van der Waals surface area contributed by atoms with Crippen molar-refractivity contribution in [3.8, 4) is 0 Å². The van der Waals surface area contributed by atoms with Crippen LogP contribution in [0.25, 0.3) is 0 Å². The highest BCUT2D eigenvalue weighted by Crippen LogP contribution is 2.30. The summed E-state index contributed by atoms with van der Waals surface area (Å²) >= 11 is 6.12. The summed E-state index contributed by atoms with van der Waals surface area (Å²) in [6, 6.07) is 17.3. The van der Waals surface area contributed by atoms with E-state index in [0.29, 0.717) is 11.6 Å². The Hall–Kier alpha value is -2.98. The van der Waals surface area contributed by atoms with Crippen molar-refractivity contribution in [2.24, 2.45) is 5.73 Å². The second-order valence-corrected chi connectivity index (χ2v) is 9.50. The van der Waals surface area contributed by atoms with Gasteiger partial charge in [-0.1, -0.05) is 54.1 Å². The minimum absolute atomic E-state index is 0.0578. The highest BCUT2D eigenvalue weighted by molar-refractivity contribution is 6.30. The molecule has 2 fully saturated rings. The van der Waals surface area contributed by atoms with Crippen LogP contribution in [0.3, 0.4) is 0 Å². The van der Waals surface area contributed by atoms with Crippen LogP contribution in [0.4, 0.5) is 0 Å². The molecule has 0 aliphatic carbocycles. The maximum Gasteiger partial charge on any atom is 0.326 e. The fourth-order valence-electron chi connectivity index (χ4n) is 4.97. The van der Waals surface area contributed by atoms with E-state index in [1.165, 1.54) is 11.1 Å². The van der Waals surface area contributed by atoms with Crippen LogP contribution in [-0.4, -0.2) is 89.2 Å². The maximum absolute atomic E-state index is 12.2. The molecule has 0 spiro atoms. The van der Waals surface area contributed by atoms with Gasteiger partial charge in [-0.25, -0.2) is 4.79 Å². The Kier molecular flexibility index (Phi) is 8.58. The minimum Gasteiger partial charge on any atom is -0.480 e. The summed E-state index contributed by atoms with van der Waals surface area (Å²) in [7, 11) is 0. The molecule has 0 bridgehead atoms. The number of carboxylic acid groups (broad SMARTS) is 1. The normalized spacial score (nSPS) is 20.9. The first-order valence-electron chi connectivity index (χ1n) is 12.1. The number of halogens is 1. The number of nitrogens with two attached hydrogens (primary N) is 1. The van der Waals surface area contributed by atoms with Gasteiger partial charge >= 0.3 is 5.97 Å². The number of nitrogens with zero attached hydrogens (tertiary/aromatic N) is 3. The number of likely N-dealkylation sites (tertiary alicyclic amines) is 1. The number of amides is 2. The van der Waals surface area contributed by atoms with Crippen LogP contribution in [0.1, 0.15) is 30.0 Å². The molecule has 0 saturated carbocycles. The molecule has 3 N–H and O–H groups in total. The predicted molar refractivity (Wildman–Crippen MR) is 134 cm³/mol. The van der Waals surface area contributed by atoms with Crippen molar-refractivity contribution in [3.05, 3.63) is 70.7 Å². The number of carbonyl (C=O) groups excluding carboxylic acids is 2. The Labute approximate surface area is 215 Å². The summed E-state index contributed by atoms with van der Waals surface area (Å²) in [5, 5.41) is 10.1. The first-order valence-corrected chi connectivity index (χ1v) is 12.4. The summed E-state index contributed by atoms with van der Waals surface area (Å²) in [6.07, 6.45) is -1.18. The lowest BCUT2D eigenvalue weighted by Crippen LogP contribution is -2.54. The molecule has 2 aliphatic heterocycles. The SMILES string of the molecule is NC(=O)[C@@H](OCCN1CCN(C(c2ccccc2)c2ccc(Cl)cc2)CC1)N1C(=O)CC[C@H]1C(=O)O. The molecular weight excluding hydrogens is 484 g/mol. The van der Waals surface area contributed by atoms with Gasteiger partial charge < -0.3 is 15.6 Å². The molecule has 36 heavy (non-hydrogen) atoms. The molecule has 2 aromatic carbocycles. The largest absolute Gasteiger partial charge is 0.480 e. The number of rotatable bonds is 10. The zero-order chi connectivity index (χ0) is 25.7. The number of hydrogen-bond donors (Lipinski definition) is 2. The van der Waals surface area contributed by atoms with Crippen LogP contribution in [0.5, 0.6) is 0 Å². The number of piperazine rings is 1. The van der Waals surface area contributed by atoms with Gasteiger partial charge in [-0.05, 0) is 29.7 Å². The van der Waals surface area contributed by atoms with Gasteiger partial charge in [0.25, 0.3) is 5.91 Å². The molecule has 0 radical (unpaired) electrons. The molecule has 9 nitrogen and oxygen atoms in total. The average Bonchev–Trinajstić information content (AvgIpc) is 3.26. The molecule has 4 rings (SSSR count). The molecule has 0 aromatic heterocycles. The molecule has 2 saturated heterocycles. The van der Waals surface area contributed by atoms with Crippen molar-refractivity contribution < 1.29 is 24.2 Å². The van der Waals surface area contributed by atoms with Gasteiger partial charge in [0.05, 0.1) is 12.6 Å². The lowest BCUT2D eigenvalue weighted by molar-refractivity contribution is -0.165. The van der Waals surface area contributed by atoms with Crippen molar-refractivity contribution in [1.82, 2.24) is 14.7 Å². The lowest BCUT2D eigenvalue weighted by Gasteiger charge is -2.40. The van der Waals surface area contributed by atoms with E-state index < -0.39 is 30.1 Å². The van der Waals surface area contributed by atoms with Gasteiger partial charge in [-0.3, -0.25) is 24.3 Å². The van der Waals surface area contributed by atoms with Crippen molar-refractivity contribution in [3.63, 3.8) is 0 Å². The Bertz CT molecular complexity index is 1060. The van der Waals surface area contributed by atoms with Gasteiger partial charge in [0.15, 0.2) is 0 Å². The molecule has 2 amide bonds. The average molecular weight is 515 g/mol. The zero-order valence-electron chi connectivity index (χ0n) is 20.0. The Balaban J connectivity index is 1.35. The number of benzene rings is 2. The molecular formula is C26H31ClN4O5. The van der Waals surface area contributed by atoms with Gasteiger partial charge in [0.2, 0.25) is 12.1 Å². The first-order chi connectivity index (χ1) is 17.3. The fraction of sp³-hybridized carbons (Fsp3) is 0.423. The summed E-state index contributed by atoms with van der Waals surface area (Å²) in [5.41, 5.74) is 7.84. The third kappa shape index (κ3) is 6.04. The summed E-state index contributed by atoms with van der Waals surface area (Å²) < 4.78 is 5.66. The number of ether oxygens (including phenoxy) is 1. The predicted octanol–water partition coefficient (Wildman–Crippen LogP) is 1.95. The van der Waals surface area contributed by atoms with Crippen LogP contribution in [0.15, 0.2) is 54.6 Å². The fourth-order valence-corrected chi connectivity index (χ4v) is 5.10. The summed E-state index contributed by atoms with van der Waals surface area (Å²) in [4.78, 5) is 41.3. The highest BCUT2D eigenvalue weighted by atomic mass is 35.5. The lowest BCUT2D eigenvalue weighted by atomic mass is 9.96.